The van der Waals surface area contributed by atoms with Gasteiger partial charge in [-0.25, -0.2) is 0 Å². The molecule has 2 aromatic heterocycles. The summed E-state index contributed by atoms with van der Waals surface area (Å²) in [4.78, 5) is 0. The first kappa shape index (κ1) is 14.1. The lowest BCUT2D eigenvalue weighted by molar-refractivity contribution is 0.663. The summed E-state index contributed by atoms with van der Waals surface area (Å²) in [5, 5.41) is -7.36. The fourth-order valence-corrected chi connectivity index (χ4v) is 7.34. The number of rotatable bonds is 4. The van der Waals surface area contributed by atoms with Gasteiger partial charge < -0.3 is 8.83 Å². The van der Waals surface area contributed by atoms with Crippen LogP contribution >= 0.6 is 0 Å². The largest absolute Gasteiger partial charge is 0.456 e. The van der Waals surface area contributed by atoms with E-state index < -0.39 is 321 Å². The molecule has 13 aromatic rings. The van der Waals surface area contributed by atoms with Crippen LogP contribution in [0.4, 0.5) is 0 Å². The average Bonchev–Trinajstić information content (AvgIpc) is 1.02. The minimum absolute atomic E-state index is 0.235. The minimum Gasteiger partial charge on any atom is -0.456 e. The molecule has 0 aliphatic carbocycles. The van der Waals surface area contributed by atoms with Gasteiger partial charge in [-0.2, -0.15) is 0 Å². The summed E-state index contributed by atoms with van der Waals surface area (Å²) in [5.41, 5.74) is -8.76. The second-order valence-corrected chi connectivity index (χ2v) is 13.3. The molecular formula is C58H34O2. The maximum Gasteiger partial charge on any atom is 0.136 e. The Morgan fingerprint density at radius 1 is 0.250 bits per heavy atom. The number of furan rings is 2. The van der Waals surface area contributed by atoms with Gasteiger partial charge in [0.2, 0.25) is 0 Å². The molecule has 2 heteroatoms. The van der Waals surface area contributed by atoms with Gasteiger partial charge in [-0.05, 0) is 136 Å². The molecule has 0 aliphatic rings. The van der Waals surface area contributed by atoms with Gasteiger partial charge in [0, 0.05) is 21.5 Å². The first-order valence-electron chi connectivity index (χ1n) is 34.8. The second kappa shape index (κ2) is 12.8. The second-order valence-electron chi connectivity index (χ2n) is 13.3. The van der Waals surface area contributed by atoms with Crippen LogP contribution in [0.5, 0.6) is 0 Å². The number of para-hydroxylation sites is 1. The van der Waals surface area contributed by atoms with Crippen LogP contribution in [0.1, 0.15) is 46.6 Å². The van der Waals surface area contributed by atoms with Crippen LogP contribution in [0.25, 0.3) is 131 Å². The van der Waals surface area contributed by atoms with Crippen molar-refractivity contribution >= 4 is 87.0 Å². The van der Waals surface area contributed by atoms with E-state index in [4.69, 9.17) is 32.1 Å². The Morgan fingerprint density at radius 3 is 1.32 bits per heavy atom. The summed E-state index contributed by atoms with van der Waals surface area (Å²) in [7, 11) is 0. The molecule has 0 unspecified atom stereocenters. The van der Waals surface area contributed by atoms with Crippen LogP contribution < -0.4 is 0 Å². The Kier molecular flexibility index (Phi) is 3.01. The topological polar surface area (TPSA) is 26.3 Å². The Labute approximate surface area is 392 Å². The highest BCUT2D eigenvalue weighted by Crippen LogP contribution is 2.45. The van der Waals surface area contributed by atoms with Crippen LogP contribution in [-0.2, 0) is 0 Å². The van der Waals surface area contributed by atoms with Gasteiger partial charge in [-0.3, -0.25) is 0 Å². The summed E-state index contributed by atoms with van der Waals surface area (Å²) in [6.45, 7) is 0. The molecule has 0 spiro atoms. The molecule has 0 bridgehead atoms. The van der Waals surface area contributed by atoms with Gasteiger partial charge in [0.1, 0.15) is 22.3 Å². The zero-order valence-electron chi connectivity index (χ0n) is 63.8. The van der Waals surface area contributed by atoms with Crippen molar-refractivity contribution in [2.45, 2.75) is 0 Å². The van der Waals surface area contributed by atoms with Gasteiger partial charge in [0.25, 0.3) is 0 Å². The SMILES string of the molecule is [2H]c1c([2H])c(-c2c3c([2H])c([2H])c([2H])c([2H])c3c(-c3c([2H])c([2H])c4c([2H])c(-c5c([2H])c([2H])c6c(oc7c([2H])c([2H])c8oc9c([2H])c([2H])c([2H])c([2H])c9c8c76)c5[2H])c([2H])c([2H])c4c3[2H])c3c([2H])c([2H])c([2H])c([2H])c23)c([2H])c([2H])c1-c1c([2H])c([2H])c2c([2H])c([2H])c([2H])c([2H])c2c1[2H]. The molecule has 0 fully saturated rings. The van der Waals surface area contributed by atoms with E-state index in [9.17, 15) is 23.3 Å². The van der Waals surface area contributed by atoms with Crippen molar-refractivity contribution in [3.05, 3.63) is 205 Å². The van der Waals surface area contributed by atoms with Crippen molar-refractivity contribution in [1.82, 2.24) is 0 Å². The number of fused-ring (bicyclic) bond motifs is 11. The summed E-state index contributed by atoms with van der Waals surface area (Å²) < 4.78 is 322. The summed E-state index contributed by atoms with van der Waals surface area (Å²) >= 11 is 0. The highest BCUT2D eigenvalue weighted by molar-refractivity contribution is 6.26. The zero-order valence-corrected chi connectivity index (χ0v) is 29.8. The first-order chi connectivity index (χ1) is 43.9. The Balaban J connectivity index is 1.13. The molecule has 0 saturated heterocycles. The summed E-state index contributed by atoms with van der Waals surface area (Å²) in [6.07, 6.45) is 0. The van der Waals surface area contributed by atoms with E-state index in [0.29, 0.717) is 0 Å². The van der Waals surface area contributed by atoms with E-state index in [0.717, 1.165) is 0 Å². The highest BCUT2D eigenvalue weighted by atomic mass is 16.3. The number of hydrogen-bond acceptors (Lipinski definition) is 2. The lowest BCUT2D eigenvalue weighted by Crippen LogP contribution is -1.91. The van der Waals surface area contributed by atoms with Crippen molar-refractivity contribution in [2.75, 3.05) is 0 Å². The van der Waals surface area contributed by atoms with Crippen molar-refractivity contribution in [1.29, 1.82) is 0 Å². The van der Waals surface area contributed by atoms with Crippen molar-refractivity contribution in [3.63, 3.8) is 0 Å². The van der Waals surface area contributed by atoms with Crippen LogP contribution in [0.3, 0.4) is 0 Å². The van der Waals surface area contributed by atoms with Crippen LogP contribution in [0.15, 0.2) is 214 Å². The van der Waals surface area contributed by atoms with E-state index in [2.05, 4.69) is 0 Å². The van der Waals surface area contributed by atoms with E-state index in [1.807, 2.05) is 0 Å². The quantitative estimate of drug-likeness (QED) is 0.166. The Hall–Kier alpha value is -7.94. The van der Waals surface area contributed by atoms with Crippen LogP contribution in [-0.4, -0.2) is 0 Å². The van der Waals surface area contributed by atoms with E-state index in [1.165, 1.54) is 0 Å². The number of hydrogen-bond donors (Lipinski definition) is 0. The molecule has 2 nitrogen and oxygen atoms in total. The molecule has 0 radical (unpaired) electrons. The lowest BCUT2D eigenvalue weighted by Gasteiger charge is -2.18. The van der Waals surface area contributed by atoms with Crippen LogP contribution in [0.2, 0.25) is 0 Å². The molecular weight excluding hydrogens is 729 g/mol. The van der Waals surface area contributed by atoms with Crippen molar-refractivity contribution in [2.24, 2.45) is 0 Å². The van der Waals surface area contributed by atoms with E-state index in [-0.39, 0.29) is 16.2 Å². The fourth-order valence-electron chi connectivity index (χ4n) is 7.34. The molecule has 278 valence electrons. The van der Waals surface area contributed by atoms with E-state index in [1.54, 1.807) is 0 Å². The van der Waals surface area contributed by atoms with Gasteiger partial charge in [-0.15, -0.1) is 0 Å². The third kappa shape index (κ3) is 5.01. The highest BCUT2D eigenvalue weighted by Gasteiger charge is 2.19. The molecule has 0 N–H and O–H groups in total. The molecule has 13 rings (SSSR count). The minimum atomic E-state index is -1.15. The summed E-state index contributed by atoms with van der Waals surface area (Å²) in [5.74, 6) is 0. The van der Waals surface area contributed by atoms with Crippen molar-refractivity contribution in [3.8, 4) is 44.5 Å². The Bertz CT molecular complexity index is 5800. The maximum atomic E-state index is 9.92. The Morgan fingerprint density at radius 2 is 0.650 bits per heavy atom. The summed E-state index contributed by atoms with van der Waals surface area (Å²) in [6, 6.07) is -32.4. The molecule has 0 atom stereocenters. The smallest absolute Gasteiger partial charge is 0.136 e. The van der Waals surface area contributed by atoms with E-state index >= 15 is 0 Å². The fraction of sp³-hybridized carbons (Fsp3) is 0. The first-order valence-corrected chi connectivity index (χ1v) is 17.8. The normalized spacial score (nSPS) is 19.9. The molecule has 11 aromatic carbocycles. The molecule has 0 saturated carbocycles. The lowest BCUT2D eigenvalue weighted by atomic mass is 9.85. The van der Waals surface area contributed by atoms with Gasteiger partial charge >= 0.3 is 0 Å². The van der Waals surface area contributed by atoms with Gasteiger partial charge in [0.05, 0.1) is 46.6 Å². The molecule has 0 aliphatic heterocycles. The monoisotopic (exact) mass is 796 g/mol. The number of benzene rings is 11. The van der Waals surface area contributed by atoms with Gasteiger partial charge in [0.15, 0.2) is 0 Å². The van der Waals surface area contributed by atoms with Crippen LogP contribution in [0, 0.1) is 0 Å². The third-order valence-electron chi connectivity index (χ3n) is 9.96. The molecule has 2 heterocycles. The average molecular weight is 797 g/mol. The predicted molar refractivity (Wildman–Crippen MR) is 253 cm³/mol. The molecule has 0 amide bonds. The van der Waals surface area contributed by atoms with Crippen molar-refractivity contribution < 1.29 is 55.4 Å². The molecule has 60 heavy (non-hydrogen) atoms. The maximum absolute atomic E-state index is 9.92. The standard InChI is InChI=1S/C58H34O2/c1-2-10-38-31-39(22-19-35(38)9-1)36-17-20-37(21-18-36)55-45-11-3-5-13-47(45)56(48-14-6-4-12-46(48)55)44-26-25-40-32-41(23-24-42(40)33-44)43-27-28-50-54(34-43)60-53-30-29-52-57(58(50)53)49-15-7-8-16-51(49)59-52/h1-34H/i1D,2D,3D,4D,5D,6D,7D,8D,9D,10D,11D,12D,13D,14D,15D,16D,17D,18D,19D,20D,21D,22D,23D,24D,25D,26D,27D,28D,29D,30D,31D,32D,33D,34D. The predicted octanol–water partition coefficient (Wildman–Crippen LogP) is 16.8. The van der Waals surface area contributed by atoms with Gasteiger partial charge in [-0.1, -0.05) is 157 Å². The third-order valence-corrected chi connectivity index (χ3v) is 9.96. The zero-order chi connectivity index (χ0) is 68.9.